The van der Waals surface area contributed by atoms with Crippen molar-refractivity contribution < 1.29 is 33.8 Å². The summed E-state index contributed by atoms with van der Waals surface area (Å²) >= 11 is 0. The van der Waals surface area contributed by atoms with Gasteiger partial charge in [0.2, 0.25) is 17.7 Å². The van der Waals surface area contributed by atoms with Crippen LogP contribution in [0.1, 0.15) is 50.7 Å². The van der Waals surface area contributed by atoms with Crippen molar-refractivity contribution in [3.8, 4) is 5.75 Å². The molecule has 4 amide bonds. The molecular formula is C31H40N4O7. The molecule has 5 N–H and O–H groups in total. The molecule has 1 aliphatic heterocycles. The molecule has 226 valence electrons. The molecule has 42 heavy (non-hydrogen) atoms. The lowest BCUT2D eigenvalue weighted by molar-refractivity contribution is -0.132. The van der Waals surface area contributed by atoms with Gasteiger partial charge in [0.05, 0.1) is 6.04 Å². The Kier molecular flexibility index (Phi) is 12.3. The Morgan fingerprint density at radius 3 is 2.31 bits per heavy atom. The zero-order valence-electron chi connectivity index (χ0n) is 24.0. The van der Waals surface area contributed by atoms with Crippen molar-refractivity contribution in [3.63, 3.8) is 0 Å². The van der Waals surface area contributed by atoms with Crippen molar-refractivity contribution in [2.24, 2.45) is 11.8 Å². The summed E-state index contributed by atoms with van der Waals surface area (Å²) in [7, 11) is 0. The summed E-state index contributed by atoms with van der Waals surface area (Å²) in [6.45, 7) is 4.38. The zero-order chi connectivity index (χ0) is 30.5. The second-order valence-corrected chi connectivity index (χ2v) is 10.9. The fourth-order valence-electron chi connectivity index (χ4n) is 4.76. The molecule has 3 rings (SSSR count). The van der Waals surface area contributed by atoms with Crippen LogP contribution in [0.3, 0.4) is 0 Å². The molecule has 0 aromatic heterocycles. The van der Waals surface area contributed by atoms with Gasteiger partial charge in [-0.15, -0.1) is 0 Å². The van der Waals surface area contributed by atoms with Crippen LogP contribution in [0, 0.1) is 11.8 Å². The third-order valence-corrected chi connectivity index (χ3v) is 6.97. The van der Waals surface area contributed by atoms with Crippen molar-refractivity contribution in [2.45, 2.75) is 70.7 Å². The number of ether oxygens (including phenoxy) is 1. The average molecular weight is 581 g/mol. The second-order valence-electron chi connectivity index (χ2n) is 10.9. The van der Waals surface area contributed by atoms with Gasteiger partial charge in [-0.05, 0) is 54.9 Å². The van der Waals surface area contributed by atoms with Gasteiger partial charge in [0.15, 0.2) is 0 Å². The summed E-state index contributed by atoms with van der Waals surface area (Å²) in [4.78, 5) is 63.4. The lowest BCUT2D eigenvalue weighted by Crippen LogP contribution is -2.56. The van der Waals surface area contributed by atoms with Gasteiger partial charge >= 0.3 is 6.09 Å². The SMILES string of the molecule is CC(C)C[C@H](NC(=O)[C@H](Cc1ccc(O)cc1)NC(=O)OCc1ccccc1)C(=O)N[C@H](C=O)C[C@@H]1CCCNC1=O. The van der Waals surface area contributed by atoms with Gasteiger partial charge in [-0.1, -0.05) is 56.3 Å². The highest BCUT2D eigenvalue weighted by molar-refractivity contribution is 5.92. The minimum atomic E-state index is -1.10. The summed E-state index contributed by atoms with van der Waals surface area (Å²) in [5, 5.41) is 20.4. The number of aldehydes is 1. The summed E-state index contributed by atoms with van der Waals surface area (Å²) < 4.78 is 5.31. The molecule has 0 bridgehead atoms. The molecule has 11 heteroatoms. The molecular weight excluding hydrogens is 540 g/mol. The summed E-state index contributed by atoms with van der Waals surface area (Å²) in [6.07, 6.45) is 1.73. The fourth-order valence-corrected chi connectivity index (χ4v) is 4.76. The van der Waals surface area contributed by atoms with Gasteiger partial charge in [-0.3, -0.25) is 14.4 Å². The van der Waals surface area contributed by atoms with Gasteiger partial charge in [-0.2, -0.15) is 0 Å². The van der Waals surface area contributed by atoms with E-state index >= 15 is 0 Å². The molecule has 0 saturated carbocycles. The Labute approximate surface area is 245 Å². The standard InChI is InChI=1S/C31H40N4O7/c1-20(2)15-26(29(39)33-24(18-36)17-23-9-6-14-32-28(23)38)34-30(40)27(16-21-10-12-25(37)13-11-21)35-31(41)42-19-22-7-4-3-5-8-22/h3-5,7-8,10-13,18,20,23-24,26-27,37H,6,9,14-17,19H2,1-2H3,(H,32,38)(H,33,39)(H,34,40)(H,35,41)/t23-,24-,26-,27-/m0/s1. The predicted octanol–water partition coefficient (Wildman–Crippen LogP) is 2.36. The number of rotatable bonds is 14. The van der Waals surface area contributed by atoms with Crippen molar-refractivity contribution in [1.29, 1.82) is 0 Å². The first-order chi connectivity index (χ1) is 20.1. The van der Waals surface area contributed by atoms with Crippen molar-refractivity contribution in [3.05, 3.63) is 65.7 Å². The fraction of sp³-hybridized carbons (Fsp3) is 0.452. The van der Waals surface area contributed by atoms with Gasteiger partial charge in [-0.25, -0.2) is 4.79 Å². The first-order valence-electron chi connectivity index (χ1n) is 14.2. The van der Waals surface area contributed by atoms with Gasteiger partial charge < -0.3 is 35.9 Å². The molecule has 0 radical (unpaired) electrons. The van der Waals surface area contributed by atoms with Crippen LogP contribution in [-0.2, 0) is 36.9 Å². The van der Waals surface area contributed by atoms with Gasteiger partial charge in [0.25, 0.3) is 0 Å². The number of carbonyl (C=O) groups excluding carboxylic acids is 5. The van der Waals surface area contributed by atoms with E-state index in [9.17, 15) is 29.1 Å². The van der Waals surface area contributed by atoms with Crippen LogP contribution in [0.5, 0.6) is 5.75 Å². The third-order valence-electron chi connectivity index (χ3n) is 6.97. The number of carbonyl (C=O) groups is 5. The van der Waals surface area contributed by atoms with Crippen LogP contribution >= 0.6 is 0 Å². The van der Waals surface area contributed by atoms with Crippen molar-refractivity contribution >= 4 is 30.1 Å². The maximum atomic E-state index is 13.5. The molecule has 1 heterocycles. The summed E-state index contributed by atoms with van der Waals surface area (Å²) in [5.74, 6) is -1.63. The molecule has 2 aromatic carbocycles. The van der Waals surface area contributed by atoms with E-state index in [1.54, 1.807) is 24.3 Å². The number of hydrogen-bond donors (Lipinski definition) is 5. The van der Waals surface area contributed by atoms with Crippen LogP contribution in [0.4, 0.5) is 4.79 Å². The summed E-state index contributed by atoms with van der Waals surface area (Å²) in [5.41, 5.74) is 1.43. The number of aromatic hydroxyl groups is 1. The van der Waals surface area contributed by atoms with E-state index in [-0.39, 0.29) is 49.4 Å². The van der Waals surface area contributed by atoms with E-state index in [0.717, 1.165) is 12.0 Å². The smallest absolute Gasteiger partial charge is 0.408 e. The van der Waals surface area contributed by atoms with Gasteiger partial charge in [0.1, 0.15) is 30.7 Å². The number of nitrogens with one attached hydrogen (secondary N) is 4. The number of alkyl carbamates (subject to hydrolysis) is 1. The van der Waals surface area contributed by atoms with Crippen LogP contribution in [-0.4, -0.2) is 59.9 Å². The molecule has 11 nitrogen and oxygen atoms in total. The number of amides is 4. The number of hydrogen-bond acceptors (Lipinski definition) is 7. The Morgan fingerprint density at radius 1 is 0.976 bits per heavy atom. The molecule has 2 aromatic rings. The largest absolute Gasteiger partial charge is 0.508 e. The van der Waals surface area contributed by atoms with Crippen LogP contribution in [0.2, 0.25) is 0 Å². The quantitative estimate of drug-likeness (QED) is 0.214. The Balaban J connectivity index is 1.70. The molecule has 0 unspecified atom stereocenters. The van der Waals surface area contributed by atoms with Crippen molar-refractivity contribution in [2.75, 3.05) is 6.54 Å². The topological polar surface area (TPSA) is 163 Å². The van der Waals surface area contributed by atoms with Crippen LogP contribution in [0.15, 0.2) is 54.6 Å². The number of phenols is 1. The highest BCUT2D eigenvalue weighted by Crippen LogP contribution is 2.17. The molecule has 1 saturated heterocycles. The lowest BCUT2D eigenvalue weighted by Gasteiger charge is -2.27. The van der Waals surface area contributed by atoms with E-state index in [2.05, 4.69) is 21.3 Å². The first kappa shape index (κ1) is 32.1. The van der Waals surface area contributed by atoms with Gasteiger partial charge in [0, 0.05) is 18.9 Å². The minimum Gasteiger partial charge on any atom is -0.508 e. The van der Waals surface area contributed by atoms with Crippen molar-refractivity contribution in [1.82, 2.24) is 21.3 Å². The number of benzene rings is 2. The molecule has 1 fully saturated rings. The molecule has 0 spiro atoms. The second kappa shape index (κ2) is 16.1. The highest BCUT2D eigenvalue weighted by Gasteiger charge is 2.31. The first-order valence-corrected chi connectivity index (χ1v) is 14.2. The Morgan fingerprint density at radius 2 is 1.67 bits per heavy atom. The Bertz CT molecular complexity index is 1200. The lowest BCUT2D eigenvalue weighted by atomic mass is 9.91. The maximum absolute atomic E-state index is 13.5. The monoisotopic (exact) mass is 580 g/mol. The highest BCUT2D eigenvalue weighted by atomic mass is 16.5. The summed E-state index contributed by atoms with van der Waals surface area (Å²) in [6, 6.07) is 12.3. The van der Waals surface area contributed by atoms with E-state index in [1.807, 2.05) is 32.0 Å². The minimum absolute atomic E-state index is 0.00467. The molecule has 1 aliphatic rings. The van der Waals surface area contributed by atoms with Crippen LogP contribution in [0.25, 0.3) is 0 Å². The van der Waals surface area contributed by atoms with E-state index in [4.69, 9.17) is 4.74 Å². The molecule has 0 aliphatic carbocycles. The van der Waals surface area contributed by atoms with E-state index in [0.29, 0.717) is 24.8 Å². The van der Waals surface area contributed by atoms with E-state index in [1.165, 1.54) is 12.1 Å². The zero-order valence-corrected chi connectivity index (χ0v) is 24.0. The third kappa shape index (κ3) is 10.5. The average Bonchev–Trinajstić information content (AvgIpc) is 2.97. The normalized spacial score (nSPS) is 16.8. The van der Waals surface area contributed by atoms with E-state index < -0.39 is 36.0 Å². The number of piperidine rings is 1. The number of phenolic OH excluding ortho intramolecular Hbond substituents is 1. The van der Waals surface area contributed by atoms with Crippen LogP contribution < -0.4 is 21.3 Å². The predicted molar refractivity (Wildman–Crippen MR) is 155 cm³/mol. The Hall–Kier alpha value is -4.41. The molecule has 4 atom stereocenters. The maximum Gasteiger partial charge on any atom is 0.408 e.